The van der Waals surface area contributed by atoms with E-state index < -0.39 is 5.97 Å². The molecule has 5 heteroatoms. The lowest BCUT2D eigenvalue weighted by molar-refractivity contribution is -0.125. The van der Waals surface area contributed by atoms with Gasteiger partial charge in [-0.15, -0.1) is 0 Å². The molecule has 2 N–H and O–H groups in total. The Bertz CT molecular complexity index is 707. The van der Waals surface area contributed by atoms with E-state index >= 15 is 0 Å². The van der Waals surface area contributed by atoms with Gasteiger partial charge in [-0.25, -0.2) is 4.79 Å². The monoisotopic (exact) mass is 314 g/mol. The molecule has 0 unspecified atom stereocenters. The molecule has 0 aliphatic heterocycles. The first-order chi connectivity index (χ1) is 11.1. The van der Waals surface area contributed by atoms with Gasteiger partial charge in [-0.2, -0.15) is 0 Å². The predicted molar refractivity (Wildman–Crippen MR) is 88.1 cm³/mol. The Morgan fingerprint density at radius 2 is 2.04 bits per heavy atom. The standard InChI is InChI=1S/C18H22N2O3/c1-12-6-2-4-8-15(12)20-17(21)11-23-18(22)14-10-19-16-9-5-3-7-13(14)16/h3,5,7,9-10,12,15,19H,2,4,6,8,11H2,1H3,(H,20,21)/t12-,15-/m0/s1. The Kier molecular flexibility index (Phi) is 4.65. The van der Waals surface area contributed by atoms with Crippen molar-refractivity contribution in [3.05, 3.63) is 36.0 Å². The molecule has 1 fully saturated rings. The second-order valence-electron chi connectivity index (χ2n) is 6.26. The molecule has 5 nitrogen and oxygen atoms in total. The number of benzene rings is 1. The van der Waals surface area contributed by atoms with Crippen molar-refractivity contribution in [2.75, 3.05) is 6.61 Å². The van der Waals surface area contributed by atoms with Crippen LogP contribution < -0.4 is 5.32 Å². The minimum absolute atomic E-state index is 0.197. The molecule has 2 atom stereocenters. The summed E-state index contributed by atoms with van der Waals surface area (Å²) in [6.07, 6.45) is 6.13. The SMILES string of the molecule is C[C@H]1CCCC[C@@H]1NC(=O)COC(=O)c1c[nH]c2ccccc12. The highest BCUT2D eigenvalue weighted by molar-refractivity contribution is 6.04. The van der Waals surface area contributed by atoms with E-state index in [1.54, 1.807) is 6.20 Å². The second-order valence-corrected chi connectivity index (χ2v) is 6.26. The summed E-state index contributed by atoms with van der Waals surface area (Å²) >= 11 is 0. The summed E-state index contributed by atoms with van der Waals surface area (Å²) in [5.74, 6) is -0.219. The maximum atomic E-state index is 12.2. The number of ether oxygens (including phenoxy) is 1. The first kappa shape index (κ1) is 15.6. The molecule has 0 radical (unpaired) electrons. The summed E-state index contributed by atoms with van der Waals surface area (Å²) in [5.41, 5.74) is 1.33. The number of esters is 1. The van der Waals surface area contributed by atoms with Gasteiger partial charge in [0.15, 0.2) is 6.61 Å². The number of H-pyrrole nitrogens is 1. The zero-order valence-corrected chi connectivity index (χ0v) is 13.3. The summed E-state index contributed by atoms with van der Waals surface area (Å²) in [6.45, 7) is 1.92. The third-order valence-corrected chi connectivity index (χ3v) is 4.60. The van der Waals surface area contributed by atoms with Crippen LogP contribution in [0, 0.1) is 5.92 Å². The summed E-state index contributed by atoms with van der Waals surface area (Å²) in [4.78, 5) is 27.2. The molecule has 1 heterocycles. The molecule has 23 heavy (non-hydrogen) atoms. The zero-order valence-electron chi connectivity index (χ0n) is 13.3. The van der Waals surface area contributed by atoms with Crippen LogP contribution >= 0.6 is 0 Å². The smallest absolute Gasteiger partial charge is 0.340 e. The van der Waals surface area contributed by atoms with Gasteiger partial charge in [0.1, 0.15) is 0 Å². The minimum atomic E-state index is -0.478. The van der Waals surface area contributed by atoms with Crippen LogP contribution in [0.15, 0.2) is 30.5 Å². The lowest BCUT2D eigenvalue weighted by Gasteiger charge is -2.29. The molecule has 1 aliphatic rings. The number of fused-ring (bicyclic) bond motifs is 1. The van der Waals surface area contributed by atoms with E-state index in [1.165, 1.54) is 6.42 Å². The van der Waals surface area contributed by atoms with E-state index in [9.17, 15) is 9.59 Å². The number of hydrogen-bond acceptors (Lipinski definition) is 3. The maximum absolute atomic E-state index is 12.2. The molecule has 0 spiro atoms. The molecular weight excluding hydrogens is 292 g/mol. The number of hydrogen-bond donors (Lipinski definition) is 2. The first-order valence-corrected chi connectivity index (χ1v) is 8.18. The van der Waals surface area contributed by atoms with Crippen LogP contribution in [0.4, 0.5) is 0 Å². The molecule has 0 bridgehead atoms. The Balaban J connectivity index is 1.55. The number of aromatic amines is 1. The van der Waals surface area contributed by atoms with Crippen molar-refractivity contribution >= 4 is 22.8 Å². The number of aromatic nitrogens is 1. The van der Waals surface area contributed by atoms with E-state index in [0.717, 1.165) is 30.2 Å². The van der Waals surface area contributed by atoms with E-state index in [0.29, 0.717) is 11.5 Å². The molecule has 122 valence electrons. The van der Waals surface area contributed by atoms with Crippen molar-refractivity contribution in [1.29, 1.82) is 0 Å². The third kappa shape index (κ3) is 3.55. The molecule has 1 aromatic heterocycles. The maximum Gasteiger partial charge on any atom is 0.340 e. The summed E-state index contributed by atoms with van der Waals surface area (Å²) in [6, 6.07) is 7.70. The molecule has 1 aromatic carbocycles. The Morgan fingerprint density at radius 1 is 1.26 bits per heavy atom. The van der Waals surface area contributed by atoms with Gasteiger partial charge in [-0.1, -0.05) is 38.0 Å². The van der Waals surface area contributed by atoms with Crippen molar-refractivity contribution < 1.29 is 14.3 Å². The highest BCUT2D eigenvalue weighted by atomic mass is 16.5. The van der Waals surface area contributed by atoms with Crippen LogP contribution in [-0.2, 0) is 9.53 Å². The molecular formula is C18H22N2O3. The molecule has 1 amide bonds. The van der Waals surface area contributed by atoms with Gasteiger partial charge >= 0.3 is 5.97 Å². The molecule has 2 aromatic rings. The normalized spacial score (nSPS) is 21.1. The number of nitrogens with one attached hydrogen (secondary N) is 2. The Morgan fingerprint density at radius 3 is 2.87 bits per heavy atom. The zero-order chi connectivity index (χ0) is 16.2. The second kappa shape index (κ2) is 6.86. The van der Waals surface area contributed by atoms with Crippen molar-refractivity contribution in [3.63, 3.8) is 0 Å². The van der Waals surface area contributed by atoms with Crippen molar-refractivity contribution in [1.82, 2.24) is 10.3 Å². The average molecular weight is 314 g/mol. The van der Waals surface area contributed by atoms with Gasteiger partial charge in [0.05, 0.1) is 5.56 Å². The number of amides is 1. The molecule has 3 rings (SSSR count). The fourth-order valence-corrected chi connectivity index (χ4v) is 3.23. The van der Waals surface area contributed by atoms with Gasteiger partial charge in [-0.05, 0) is 24.8 Å². The van der Waals surface area contributed by atoms with Crippen molar-refractivity contribution in [3.8, 4) is 0 Å². The highest BCUT2D eigenvalue weighted by Gasteiger charge is 2.23. The molecule has 1 saturated carbocycles. The fraction of sp³-hybridized carbons (Fsp3) is 0.444. The van der Waals surface area contributed by atoms with E-state index in [2.05, 4.69) is 17.2 Å². The third-order valence-electron chi connectivity index (χ3n) is 4.60. The van der Waals surface area contributed by atoms with Crippen molar-refractivity contribution in [2.45, 2.75) is 38.6 Å². The lowest BCUT2D eigenvalue weighted by Crippen LogP contribution is -2.42. The minimum Gasteiger partial charge on any atom is -0.452 e. The van der Waals surface area contributed by atoms with Crippen LogP contribution in [0.2, 0.25) is 0 Å². The largest absolute Gasteiger partial charge is 0.452 e. The van der Waals surface area contributed by atoms with Gasteiger partial charge in [0.25, 0.3) is 5.91 Å². The first-order valence-electron chi connectivity index (χ1n) is 8.18. The lowest BCUT2D eigenvalue weighted by atomic mass is 9.86. The van der Waals surface area contributed by atoms with E-state index in [4.69, 9.17) is 4.74 Å². The van der Waals surface area contributed by atoms with Crippen LogP contribution in [0.5, 0.6) is 0 Å². The Labute approximate surface area is 135 Å². The number of para-hydroxylation sites is 1. The number of rotatable bonds is 4. The van der Waals surface area contributed by atoms with Gasteiger partial charge in [-0.3, -0.25) is 4.79 Å². The Hall–Kier alpha value is -2.30. The number of carbonyl (C=O) groups is 2. The van der Waals surface area contributed by atoms with E-state index in [-0.39, 0.29) is 18.6 Å². The van der Waals surface area contributed by atoms with Crippen LogP contribution in [0.25, 0.3) is 10.9 Å². The van der Waals surface area contributed by atoms with E-state index in [1.807, 2.05) is 24.3 Å². The van der Waals surface area contributed by atoms with Crippen LogP contribution in [-0.4, -0.2) is 29.5 Å². The topological polar surface area (TPSA) is 71.2 Å². The van der Waals surface area contributed by atoms with Gasteiger partial charge in [0, 0.05) is 23.1 Å². The van der Waals surface area contributed by atoms with Gasteiger partial charge < -0.3 is 15.0 Å². The molecule has 0 saturated heterocycles. The van der Waals surface area contributed by atoms with Crippen LogP contribution in [0.3, 0.4) is 0 Å². The quantitative estimate of drug-likeness (QED) is 0.852. The summed E-state index contributed by atoms with van der Waals surface area (Å²) in [7, 11) is 0. The predicted octanol–water partition coefficient (Wildman–Crippen LogP) is 3.02. The summed E-state index contributed by atoms with van der Waals surface area (Å²) in [5, 5.41) is 3.79. The van der Waals surface area contributed by atoms with Crippen LogP contribution in [0.1, 0.15) is 43.0 Å². The fourth-order valence-electron chi connectivity index (χ4n) is 3.23. The van der Waals surface area contributed by atoms with Crippen molar-refractivity contribution in [2.24, 2.45) is 5.92 Å². The number of carbonyl (C=O) groups excluding carboxylic acids is 2. The average Bonchev–Trinajstić information content (AvgIpc) is 2.99. The highest BCUT2D eigenvalue weighted by Crippen LogP contribution is 2.23. The van der Waals surface area contributed by atoms with Gasteiger partial charge in [0.2, 0.25) is 0 Å². The summed E-state index contributed by atoms with van der Waals surface area (Å²) < 4.78 is 5.16. The molecule has 1 aliphatic carbocycles.